The van der Waals surface area contributed by atoms with Crippen LogP contribution in [0.1, 0.15) is 6.42 Å². The molecule has 4 rings (SSSR count). The molecule has 4 bridgehead atoms. The highest BCUT2D eigenvalue weighted by atomic mass is 16.6. The monoisotopic (exact) mass is 224 g/mol. The van der Waals surface area contributed by atoms with Crippen LogP contribution in [0, 0.1) is 29.6 Å². The molecule has 2 heterocycles. The lowest BCUT2D eigenvalue weighted by molar-refractivity contribution is -0.190. The Balaban J connectivity index is 1.89. The van der Waals surface area contributed by atoms with E-state index in [0.717, 1.165) is 0 Å². The van der Waals surface area contributed by atoms with Crippen molar-refractivity contribution >= 4 is 24.4 Å². The summed E-state index contributed by atoms with van der Waals surface area (Å²) in [5, 5.41) is 0. The Bertz CT molecular complexity index is 414. The zero-order valence-corrected chi connectivity index (χ0v) is 8.12. The second-order valence-electron chi connectivity index (χ2n) is 4.41. The topological polar surface area (TPSA) is 86.7 Å². The van der Waals surface area contributed by atoms with E-state index in [-0.39, 0.29) is 24.2 Å². The van der Waals surface area contributed by atoms with Crippen LogP contribution in [0.15, 0.2) is 0 Å². The first-order valence-corrected chi connectivity index (χ1v) is 5.05. The van der Waals surface area contributed by atoms with Crippen molar-refractivity contribution in [3.05, 3.63) is 0 Å². The van der Waals surface area contributed by atoms with Gasteiger partial charge in [0.25, 0.3) is 0 Å². The molecular weight excluding hydrogens is 216 g/mol. The van der Waals surface area contributed by atoms with Gasteiger partial charge in [-0.1, -0.05) is 0 Å². The molecule has 2 saturated carbocycles. The van der Waals surface area contributed by atoms with Gasteiger partial charge in [0.05, 0.1) is 17.8 Å². The number of fused-ring (bicyclic) bond motifs is 2. The van der Waals surface area contributed by atoms with Gasteiger partial charge in [-0.2, -0.15) is 0 Å². The summed E-state index contributed by atoms with van der Waals surface area (Å²) < 4.78 is 8.86. The maximum Gasteiger partial charge on any atom is 0.317 e. The Kier molecular flexibility index (Phi) is 1.72. The van der Waals surface area contributed by atoms with Gasteiger partial charge in [-0.3, -0.25) is 19.2 Å². The summed E-state index contributed by atoms with van der Waals surface area (Å²) in [7, 11) is 0. The average molecular weight is 224 g/mol. The number of rotatable bonds is 2. The molecule has 2 aliphatic heterocycles. The van der Waals surface area contributed by atoms with Gasteiger partial charge in [-0.25, -0.2) is 0 Å². The van der Waals surface area contributed by atoms with E-state index in [9.17, 15) is 19.2 Å². The summed E-state index contributed by atoms with van der Waals surface area (Å²) in [6, 6.07) is 0. The second-order valence-corrected chi connectivity index (χ2v) is 4.41. The molecule has 0 aromatic rings. The Morgan fingerprint density at radius 1 is 1.38 bits per heavy atom. The highest BCUT2D eigenvalue weighted by Gasteiger charge is 2.71. The van der Waals surface area contributed by atoms with Crippen LogP contribution in [0.4, 0.5) is 0 Å². The smallest absolute Gasteiger partial charge is 0.317 e. The van der Waals surface area contributed by atoms with E-state index in [0.29, 0.717) is 6.42 Å². The highest BCUT2D eigenvalue weighted by Crippen LogP contribution is 2.64. The van der Waals surface area contributed by atoms with Gasteiger partial charge in [-0.15, -0.1) is 0 Å². The normalized spacial score (nSPS) is 43.4. The number of esters is 3. The van der Waals surface area contributed by atoms with Gasteiger partial charge in [0.1, 0.15) is 0 Å². The van der Waals surface area contributed by atoms with E-state index >= 15 is 0 Å². The molecule has 4 fully saturated rings. The van der Waals surface area contributed by atoms with Gasteiger partial charge < -0.3 is 9.47 Å². The molecule has 84 valence electrons. The standard InChI is InChI=1S/C10H8O6/c11-2-15-9(13)7-5-3-1-4(5)8(12)16-10(14)6(3)7/h2-7H,1H2. The molecule has 0 radical (unpaired) electrons. The van der Waals surface area contributed by atoms with Crippen molar-refractivity contribution in [1.82, 2.24) is 0 Å². The van der Waals surface area contributed by atoms with E-state index in [1.54, 1.807) is 0 Å². The quantitative estimate of drug-likeness (QED) is 0.349. The van der Waals surface area contributed by atoms with E-state index in [1.807, 2.05) is 0 Å². The summed E-state index contributed by atoms with van der Waals surface area (Å²) in [6.45, 7) is 0.0471. The van der Waals surface area contributed by atoms with Crippen LogP contribution in [-0.2, 0) is 28.7 Å². The fourth-order valence-corrected chi connectivity index (χ4v) is 3.22. The molecular formula is C10H8O6. The summed E-state index contributed by atoms with van der Waals surface area (Å²) >= 11 is 0. The number of carbonyl (C=O) groups excluding carboxylic acids is 4. The Morgan fingerprint density at radius 2 is 2.12 bits per heavy atom. The molecule has 0 aromatic carbocycles. The number of ether oxygens (including phenoxy) is 2. The molecule has 0 amide bonds. The minimum absolute atomic E-state index is 0.0471. The second kappa shape index (κ2) is 2.90. The highest BCUT2D eigenvalue weighted by molar-refractivity contribution is 5.97. The summed E-state index contributed by atoms with van der Waals surface area (Å²) in [5.41, 5.74) is 0. The molecule has 2 aliphatic carbocycles. The molecule has 16 heavy (non-hydrogen) atoms. The molecule has 6 nitrogen and oxygen atoms in total. The number of hydrogen-bond donors (Lipinski definition) is 0. The van der Waals surface area contributed by atoms with Crippen molar-refractivity contribution in [3.8, 4) is 0 Å². The van der Waals surface area contributed by atoms with Crippen LogP contribution in [0.5, 0.6) is 0 Å². The predicted molar refractivity (Wildman–Crippen MR) is 45.3 cm³/mol. The van der Waals surface area contributed by atoms with E-state index in [1.165, 1.54) is 0 Å². The van der Waals surface area contributed by atoms with E-state index in [2.05, 4.69) is 9.47 Å². The lowest BCUT2D eigenvalue weighted by Gasteiger charge is -2.56. The van der Waals surface area contributed by atoms with Crippen molar-refractivity contribution in [2.75, 3.05) is 0 Å². The summed E-state index contributed by atoms with van der Waals surface area (Å²) in [6.07, 6.45) is 0.602. The van der Waals surface area contributed by atoms with E-state index in [4.69, 9.17) is 0 Å². The van der Waals surface area contributed by atoms with Crippen molar-refractivity contribution < 1.29 is 28.7 Å². The predicted octanol–water partition coefficient (Wildman–Crippen LogP) is -0.732. The Labute approximate surface area is 89.9 Å². The molecule has 4 aliphatic rings. The summed E-state index contributed by atoms with van der Waals surface area (Å²) in [4.78, 5) is 44.4. The van der Waals surface area contributed by atoms with Crippen molar-refractivity contribution in [2.45, 2.75) is 6.42 Å². The Morgan fingerprint density at radius 3 is 2.81 bits per heavy atom. The maximum atomic E-state index is 11.5. The average Bonchev–Trinajstić information content (AvgIpc) is 2.41. The zero-order chi connectivity index (χ0) is 11.4. The lowest BCUT2D eigenvalue weighted by Crippen LogP contribution is -2.62. The molecule has 6 heteroatoms. The molecule has 0 N–H and O–H groups in total. The van der Waals surface area contributed by atoms with Crippen molar-refractivity contribution in [2.24, 2.45) is 29.6 Å². The molecule has 0 spiro atoms. The lowest BCUT2D eigenvalue weighted by atomic mass is 9.43. The van der Waals surface area contributed by atoms with Crippen LogP contribution in [0.2, 0.25) is 0 Å². The van der Waals surface area contributed by atoms with E-state index < -0.39 is 29.7 Å². The van der Waals surface area contributed by atoms with Gasteiger partial charge >= 0.3 is 24.4 Å². The van der Waals surface area contributed by atoms with Crippen molar-refractivity contribution in [1.29, 1.82) is 0 Å². The van der Waals surface area contributed by atoms with Gasteiger partial charge in [0.2, 0.25) is 0 Å². The largest absolute Gasteiger partial charge is 0.395 e. The number of hydrogen-bond acceptors (Lipinski definition) is 6. The van der Waals surface area contributed by atoms with Gasteiger partial charge in [-0.05, 0) is 18.3 Å². The SMILES string of the molecule is O=COC(=O)C1C2C(=O)OC(=O)C3CC2C31. The molecule has 2 saturated heterocycles. The minimum Gasteiger partial charge on any atom is -0.395 e. The van der Waals surface area contributed by atoms with Gasteiger partial charge in [0.15, 0.2) is 0 Å². The Hall–Kier alpha value is -1.72. The molecule has 5 unspecified atom stereocenters. The first-order valence-electron chi connectivity index (χ1n) is 5.05. The van der Waals surface area contributed by atoms with Crippen LogP contribution in [0.3, 0.4) is 0 Å². The first-order chi connectivity index (χ1) is 7.65. The van der Waals surface area contributed by atoms with Gasteiger partial charge in [0, 0.05) is 0 Å². The summed E-state index contributed by atoms with van der Waals surface area (Å²) in [5.74, 6) is -3.69. The molecule has 0 aromatic heterocycles. The zero-order valence-electron chi connectivity index (χ0n) is 8.12. The minimum atomic E-state index is -0.724. The third-order valence-electron chi connectivity index (χ3n) is 3.96. The van der Waals surface area contributed by atoms with Crippen LogP contribution >= 0.6 is 0 Å². The van der Waals surface area contributed by atoms with Crippen LogP contribution in [-0.4, -0.2) is 24.4 Å². The third kappa shape index (κ3) is 0.917. The third-order valence-corrected chi connectivity index (χ3v) is 3.96. The fraction of sp³-hybridized carbons (Fsp3) is 0.600. The number of carbonyl (C=O) groups is 4. The fourth-order valence-electron chi connectivity index (χ4n) is 3.22. The van der Waals surface area contributed by atoms with Crippen LogP contribution in [0.25, 0.3) is 0 Å². The maximum absolute atomic E-state index is 11.5. The van der Waals surface area contributed by atoms with Crippen molar-refractivity contribution in [3.63, 3.8) is 0 Å². The first kappa shape index (κ1) is 9.50. The van der Waals surface area contributed by atoms with Crippen LogP contribution < -0.4 is 0 Å². The molecule has 5 atom stereocenters.